The average Bonchev–Trinajstić information content (AvgIpc) is 2.98. The van der Waals surface area contributed by atoms with Crippen molar-refractivity contribution in [3.8, 4) is 0 Å². The number of aryl methyl sites for hydroxylation is 2. The van der Waals surface area contributed by atoms with Gasteiger partial charge in [-0.15, -0.1) is 0 Å². The van der Waals surface area contributed by atoms with Crippen LogP contribution in [0.15, 0.2) is 36.7 Å². The fourth-order valence-electron chi connectivity index (χ4n) is 2.08. The van der Waals surface area contributed by atoms with Crippen molar-refractivity contribution in [3.63, 3.8) is 0 Å². The average molecular weight is 271 g/mol. The van der Waals surface area contributed by atoms with E-state index in [4.69, 9.17) is 0 Å². The van der Waals surface area contributed by atoms with Crippen LogP contribution in [0.4, 0.5) is 0 Å². The maximum Gasteiger partial charge on any atom is 0.223 e. The Hall–Kier alpha value is -2.10. The summed E-state index contributed by atoms with van der Waals surface area (Å²) in [6.07, 6.45) is 5.82. The van der Waals surface area contributed by atoms with Crippen molar-refractivity contribution < 1.29 is 4.79 Å². The Kier molecular flexibility index (Phi) is 4.93. The molecule has 0 bridgehead atoms. The van der Waals surface area contributed by atoms with Crippen molar-refractivity contribution in [2.45, 2.75) is 32.7 Å². The van der Waals surface area contributed by atoms with Crippen molar-refractivity contribution in [2.75, 3.05) is 7.05 Å². The summed E-state index contributed by atoms with van der Waals surface area (Å²) in [5, 5.41) is 0. The van der Waals surface area contributed by atoms with E-state index < -0.39 is 0 Å². The lowest BCUT2D eigenvalue weighted by atomic mass is 10.1. The molecular weight excluding hydrogens is 250 g/mol. The maximum atomic E-state index is 12.0. The Morgan fingerprint density at radius 2 is 1.95 bits per heavy atom. The standard InChI is InChI=1S/C16H21N3O/c1-3-13-4-6-14(7-5-13)8-9-16(20)19(2)12-15-17-10-11-18-15/h4-7,10-11H,3,8-9,12H2,1-2H3,(H,17,18). The third kappa shape index (κ3) is 3.95. The second-order valence-corrected chi connectivity index (χ2v) is 4.96. The van der Waals surface area contributed by atoms with Gasteiger partial charge >= 0.3 is 0 Å². The predicted octanol–water partition coefficient (Wildman–Crippen LogP) is 2.56. The van der Waals surface area contributed by atoms with Gasteiger partial charge in [0.2, 0.25) is 5.91 Å². The molecule has 20 heavy (non-hydrogen) atoms. The van der Waals surface area contributed by atoms with Gasteiger partial charge < -0.3 is 9.88 Å². The molecule has 0 radical (unpaired) electrons. The molecule has 0 fully saturated rings. The van der Waals surface area contributed by atoms with E-state index in [1.165, 1.54) is 11.1 Å². The smallest absolute Gasteiger partial charge is 0.223 e. The predicted molar refractivity (Wildman–Crippen MR) is 79.2 cm³/mol. The minimum absolute atomic E-state index is 0.140. The summed E-state index contributed by atoms with van der Waals surface area (Å²) in [4.78, 5) is 20.9. The van der Waals surface area contributed by atoms with Gasteiger partial charge in [0.05, 0.1) is 6.54 Å². The van der Waals surface area contributed by atoms with Crippen LogP contribution in [-0.2, 0) is 24.2 Å². The molecule has 0 aliphatic heterocycles. The number of aromatic amines is 1. The molecule has 2 aromatic rings. The van der Waals surface area contributed by atoms with Crippen LogP contribution in [0.5, 0.6) is 0 Å². The lowest BCUT2D eigenvalue weighted by Gasteiger charge is -2.15. The molecule has 0 atom stereocenters. The Morgan fingerprint density at radius 3 is 2.55 bits per heavy atom. The highest BCUT2D eigenvalue weighted by molar-refractivity contribution is 5.76. The number of benzene rings is 1. The van der Waals surface area contributed by atoms with Gasteiger partial charge in [-0.3, -0.25) is 4.79 Å². The first kappa shape index (κ1) is 14.3. The molecule has 1 aromatic heterocycles. The highest BCUT2D eigenvalue weighted by atomic mass is 16.2. The molecule has 0 saturated carbocycles. The van der Waals surface area contributed by atoms with Crippen LogP contribution in [-0.4, -0.2) is 27.8 Å². The van der Waals surface area contributed by atoms with Crippen molar-refractivity contribution in [1.82, 2.24) is 14.9 Å². The number of rotatable bonds is 6. The van der Waals surface area contributed by atoms with E-state index >= 15 is 0 Å². The summed E-state index contributed by atoms with van der Waals surface area (Å²) in [7, 11) is 1.81. The first-order valence-electron chi connectivity index (χ1n) is 6.99. The lowest BCUT2D eigenvalue weighted by molar-refractivity contribution is -0.130. The molecule has 1 amide bonds. The van der Waals surface area contributed by atoms with Gasteiger partial charge in [-0.2, -0.15) is 0 Å². The number of H-pyrrole nitrogens is 1. The topological polar surface area (TPSA) is 49.0 Å². The van der Waals surface area contributed by atoms with Crippen LogP contribution in [0.1, 0.15) is 30.3 Å². The molecule has 0 spiro atoms. The van der Waals surface area contributed by atoms with Gasteiger partial charge in [0.25, 0.3) is 0 Å². The van der Waals surface area contributed by atoms with Crippen LogP contribution in [0.2, 0.25) is 0 Å². The van der Waals surface area contributed by atoms with E-state index in [1.807, 2.05) is 7.05 Å². The Labute approximate surface area is 119 Å². The van der Waals surface area contributed by atoms with Gasteiger partial charge in [-0.25, -0.2) is 4.98 Å². The van der Waals surface area contributed by atoms with Gasteiger partial charge in [0.1, 0.15) is 5.82 Å². The van der Waals surface area contributed by atoms with E-state index in [0.29, 0.717) is 13.0 Å². The summed E-state index contributed by atoms with van der Waals surface area (Å²) >= 11 is 0. The van der Waals surface area contributed by atoms with Crippen LogP contribution in [0.3, 0.4) is 0 Å². The van der Waals surface area contributed by atoms with E-state index in [0.717, 1.165) is 18.7 Å². The number of hydrogen-bond donors (Lipinski definition) is 1. The summed E-state index contributed by atoms with van der Waals surface area (Å²) in [6.45, 7) is 2.67. The molecular formula is C16H21N3O. The number of hydrogen-bond acceptors (Lipinski definition) is 2. The van der Waals surface area contributed by atoms with Crippen LogP contribution in [0.25, 0.3) is 0 Å². The van der Waals surface area contributed by atoms with Crippen molar-refractivity contribution in [1.29, 1.82) is 0 Å². The maximum absolute atomic E-state index is 12.0. The molecule has 1 N–H and O–H groups in total. The molecule has 0 aliphatic rings. The van der Waals surface area contributed by atoms with Crippen LogP contribution >= 0.6 is 0 Å². The molecule has 1 aromatic carbocycles. The van der Waals surface area contributed by atoms with E-state index in [-0.39, 0.29) is 5.91 Å². The monoisotopic (exact) mass is 271 g/mol. The summed E-state index contributed by atoms with van der Waals surface area (Å²) in [6, 6.07) is 8.48. The minimum Gasteiger partial charge on any atom is -0.347 e. The Balaban J connectivity index is 1.81. The molecule has 2 rings (SSSR count). The molecule has 0 saturated heterocycles. The first-order chi connectivity index (χ1) is 9.69. The fourth-order valence-corrected chi connectivity index (χ4v) is 2.08. The Bertz CT molecular complexity index is 531. The van der Waals surface area contributed by atoms with Gasteiger partial charge in [0, 0.05) is 25.9 Å². The largest absolute Gasteiger partial charge is 0.347 e. The lowest BCUT2D eigenvalue weighted by Crippen LogP contribution is -2.26. The zero-order chi connectivity index (χ0) is 14.4. The van der Waals surface area contributed by atoms with Crippen molar-refractivity contribution in [2.24, 2.45) is 0 Å². The number of amides is 1. The number of imidazole rings is 1. The number of nitrogens with zero attached hydrogens (tertiary/aromatic N) is 2. The van der Waals surface area contributed by atoms with Crippen LogP contribution in [0, 0.1) is 0 Å². The second kappa shape index (κ2) is 6.89. The highest BCUT2D eigenvalue weighted by Crippen LogP contribution is 2.08. The highest BCUT2D eigenvalue weighted by Gasteiger charge is 2.10. The minimum atomic E-state index is 0.140. The second-order valence-electron chi connectivity index (χ2n) is 4.96. The molecule has 0 unspecified atom stereocenters. The normalized spacial score (nSPS) is 10.5. The zero-order valence-electron chi connectivity index (χ0n) is 12.1. The van der Waals surface area contributed by atoms with E-state index in [9.17, 15) is 4.79 Å². The molecule has 1 heterocycles. The van der Waals surface area contributed by atoms with E-state index in [2.05, 4.69) is 41.2 Å². The fraction of sp³-hybridized carbons (Fsp3) is 0.375. The van der Waals surface area contributed by atoms with Gasteiger partial charge in [-0.1, -0.05) is 31.2 Å². The number of carbonyl (C=O) groups excluding carboxylic acids is 1. The summed E-state index contributed by atoms with van der Waals surface area (Å²) < 4.78 is 0. The molecule has 4 nitrogen and oxygen atoms in total. The number of aromatic nitrogens is 2. The van der Waals surface area contributed by atoms with Crippen molar-refractivity contribution >= 4 is 5.91 Å². The van der Waals surface area contributed by atoms with Crippen molar-refractivity contribution in [3.05, 3.63) is 53.6 Å². The van der Waals surface area contributed by atoms with Gasteiger partial charge in [-0.05, 0) is 24.0 Å². The first-order valence-corrected chi connectivity index (χ1v) is 6.99. The molecule has 4 heteroatoms. The number of carbonyl (C=O) groups is 1. The molecule has 0 aliphatic carbocycles. The third-order valence-electron chi connectivity index (χ3n) is 3.43. The number of nitrogens with one attached hydrogen (secondary N) is 1. The zero-order valence-corrected chi connectivity index (χ0v) is 12.1. The molecule has 106 valence electrons. The summed E-state index contributed by atoms with van der Waals surface area (Å²) in [5.74, 6) is 0.953. The van der Waals surface area contributed by atoms with Crippen LogP contribution < -0.4 is 0 Å². The Morgan fingerprint density at radius 1 is 1.25 bits per heavy atom. The quantitative estimate of drug-likeness (QED) is 0.877. The van der Waals surface area contributed by atoms with Gasteiger partial charge in [0.15, 0.2) is 0 Å². The third-order valence-corrected chi connectivity index (χ3v) is 3.43. The van der Waals surface area contributed by atoms with E-state index in [1.54, 1.807) is 17.3 Å². The summed E-state index contributed by atoms with van der Waals surface area (Å²) in [5.41, 5.74) is 2.54. The SMILES string of the molecule is CCc1ccc(CCC(=O)N(C)Cc2ncc[nH]2)cc1.